The Morgan fingerprint density at radius 3 is 2.64 bits per heavy atom. The zero-order valence-corrected chi connectivity index (χ0v) is 14.1. The summed E-state index contributed by atoms with van der Waals surface area (Å²) < 4.78 is 7.96. The lowest BCUT2D eigenvalue weighted by Crippen LogP contribution is -2.44. The molecule has 4 nitrogen and oxygen atoms in total. The summed E-state index contributed by atoms with van der Waals surface area (Å²) in [5.74, 6) is 0.172. The standard InChI is InChI=1S/C18H28N2O2/c1-13-11-17(18(21)19-9-10-22-14(2)12-19)15(3)20(13)16-7-5-4-6-8-16/h11,14,16H,4-10,12H2,1-3H3. The lowest BCUT2D eigenvalue weighted by atomic mass is 9.95. The maximum Gasteiger partial charge on any atom is 0.255 e. The molecule has 1 aromatic rings. The van der Waals surface area contributed by atoms with Gasteiger partial charge in [0.1, 0.15) is 0 Å². The Bertz CT molecular complexity index is 544. The molecule has 1 aromatic heterocycles. The first-order valence-corrected chi connectivity index (χ1v) is 8.67. The van der Waals surface area contributed by atoms with Crippen molar-refractivity contribution < 1.29 is 9.53 Å². The molecule has 1 amide bonds. The molecule has 122 valence electrons. The van der Waals surface area contributed by atoms with Crippen LogP contribution in [0.15, 0.2) is 6.07 Å². The largest absolute Gasteiger partial charge is 0.375 e. The molecule has 4 heteroatoms. The number of morpholine rings is 1. The summed E-state index contributed by atoms with van der Waals surface area (Å²) in [5.41, 5.74) is 3.26. The Balaban J connectivity index is 1.83. The molecule has 3 rings (SSSR count). The molecule has 1 saturated carbocycles. The average molecular weight is 304 g/mol. The van der Waals surface area contributed by atoms with Gasteiger partial charge in [-0.15, -0.1) is 0 Å². The molecule has 2 aliphatic rings. The second kappa shape index (κ2) is 6.45. The van der Waals surface area contributed by atoms with E-state index in [2.05, 4.69) is 24.5 Å². The number of nitrogens with zero attached hydrogens (tertiary/aromatic N) is 2. The SMILES string of the molecule is Cc1cc(C(=O)N2CCOC(C)C2)c(C)n1C1CCCCC1. The maximum atomic E-state index is 12.9. The number of amides is 1. The van der Waals surface area contributed by atoms with Crippen molar-refractivity contribution >= 4 is 5.91 Å². The molecular weight excluding hydrogens is 276 g/mol. The minimum atomic E-state index is 0.138. The monoisotopic (exact) mass is 304 g/mol. The summed E-state index contributed by atoms with van der Waals surface area (Å²) in [6, 6.07) is 2.67. The van der Waals surface area contributed by atoms with E-state index in [1.807, 2.05) is 11.8 Å². The van der Waals surface area contributed by atoms with Gasteiger partial charge in [0.05, 0.1) is 18.3 Å². The second-order valence-electron chi connectivity index (χ2n) is 6.88. The van der Waals surface area contributed by atoms with E-state index in [9.17, 15) is 4.79 Å². The molecule has 1 aliphatic heterocycles. The van der Waals surface area contributed by atoms with Gasteiger partial charge in [-0.2, -0.15) is 0 Å². The van der Waals surface area contributed by atoms with Gasteiger partial charge in [0.25, 0.3) is 5.91 Å². The van der Waals surface area contributed by atoms with E-state index in [-0.39, 0.29) is 12.0 Å². The highest BCUT2D eigenvalue weighted by molar-refractivity contribution is 5.95. The second-order valence-corrected chi connectivity index (χ2v) is 6.88. The van der Waals surface area contributed by atoms with Crippen molar-refractivity contribution in [3.8, 4) is 0 Å². The molecule has 0 spiro atoms. The van der Waals surface area contributed by atoms with Crippen LogP contribution in [-0.4, -0.2) is 41.2 Å². The number of hydrogen-bond donors (Lipinski definition) is 0. The third-order valence-electron chi connectivity index (χ3n) is 5.18. The molecule has 1 atom stereocenters. The molecule has 0 aromatic carbocycles. The Kier molecular flexibility index (Phi) is 4.57. The summed E-state index contributed by atoms with van der Waals surface area (Å²) in [4.78, 5) is 14.8. The van der Waals surface area contributed by atoms with Crippen molar-refractivity contribution in [2.24, 2.45) is 0 Å². The molecule has 2 heterocycles. The van der Waals surface area contributed by atoms with E-state index < -0.39 is 0 Å². The van der Waals surface area contributed by atoms with Crippen LogP contribution in [0, 0.1) is 13.8 Å². The zero-order valence-electron chi connectivity index (χ0n) is 14.1. The summed E-state index contributed by atoms with van der Waals surface area (Å²) in [6.07, 6.45) is 6.61. The van der Waals surface area contributed by atoms with Crippen molar-refractivity contribution in [1.82, 2.24) is 9.47 Å². The number of ether oxygens (including phenoxy) is 1. The van der Waals surface area contributed by atoms with Crippen LogP contribution in [0.4, 0.5) is 0 Å². The molecule has 2 fully saturated rings. The van der Waals surface area contributed by atoms with Crippen molar-refractivity contribution in [3.05, 3.63) is 23.0 Å². The van der Waals surface area contributed by atoms with Gasteiger partial charge in [-0.25, -0.2) is 0 Å². The predicted octanol–water partition coefficient (Wildman–Crippen LogP) is 3.47. The maximum absolute atomic E-state index is 12.9. The van der Waals surface area contributed by atoms with Crippen LogP contribution < -0.4 is 0 Å². The van der Waals surface area contributed by atoms with Gasteiger partial charge in [0.15, 0.2) is 0 Å². The fourth-order valence-corrected chi connectivity index (χ4v) is 4.07. The fourth-order valence-electron chi connectivity index (χ4n) is 4.07. The molecule has 1 saturated heterocycles. The van der Waals surface area contributed by atoms with Crippen LogP contribution in [0.3, 0.4) is 0 Å². The van der Waals surface area contributed by atoms with E-state index in [1.165, 1.54) is 37.8 Å². The number of aromatic nitrogens is 1. The predicted molar refractivity (Wildman–Crippen MR) is 87.3 cm³/mol. The van der Waals surface area contributed by atoms with Crippen LogP contribution >= 0.6 is 0 Å². The van der Waals surface area contributed by atoms with E-state index >= 15 is 0 Å². The first-order valence-electron chi connectivity index (χ1n) is 8.67. The van der Waals surface area contributed by atoms with Gasteiger partial charge in [0, 0.05) is 30.5 Å². The Morgan fingerprint density at radius 2 is 1.95 bits per heavy atom. The van der Waals surface area contributed by atoms with Crippen LogP contribution in [0.25, 0.3) is 0 Å². The van der Waals surface area contributed by atoms with Gasteiger partial charge < -0.3 is 14.2 Å². The minimum absolute atomic E-state index is 0.138. The molecule has 1 aliphatic carbocycles. The van der Waals surface area contributed by atoms with E-state index in [1.54, 1.807) is 0 Å². The molecular formula is C18H28N2O2. The van der Waals surface area contributed by atoms with Gasteiger partial charge in [0.2, 0.25) is 0 Å². The number of carbonyl (C=O) groups excluding carboxylic acids is 1. The van der Waals surface area contributed by atoms with Crippen LogP contribution in [0.1, 0.15) is 66.8 Å². The summed E-state index contributed by atoms with van der Waals surface area (Å²) in [5, 5.41) is 0. The highest BCUT2D eigenvalue weighted by Crippen LogP contribution is 2.32. The highest BCUT2D eigenvalue weighted by atomic mass is 16.5. The zero-order chi connectivity index (χ0) is 15.7. The lowest BCUT2D eigenvalue weighted by molar-refractivity contribution is -0.0124. The van der Waals surface area contributed by atoms with Crippen molar-refractivity contribution in [3.63, 3.8) is 0 Å². The Hall–Kier alpha value is -1.29. The first kappa shape index (κ1) is 15.6. The lowest BCUT2D eigenvalue weighted by Gasteiger charge is -2.31. The summed E-state index contributed by atoms with van der Waals surface area (Å²) in [7, 11) is 0. The average Bonchev–Trinajstić information content (AvgIpc) is 2.82. The van der Waals surface area contributed by atoms with Crippen LogP contribution in [-0.2, 0) is 4.74 Å². The minimum Gasteiger partial charge on any atom is -0.375 e. The van der Waals surface area contributed by atoms with Crippen LogP contribution in [0.2, 0.25) is 0 Å². The molecule has 0 bridgehead atoms. The Labute approximate surface area is 133 Å². The molecule has 0 N–H and O–H groups in total. The number of aryl methyl sites for hydroxylation is 1. The van der Waals surface area contributed by atoms with Crippen molar-refractivity contribution in [2.75, 3.05) is 19.7 Å². The van der Waals surface area contributed by atoms with Crippen LogP contribution in [0.5, 0.6) is 0 Å². The third-order valence-corrected chi connectivity index (χ3v) is 5.18. The quantitative estimate of drug-likeness (QED) is 0.838. The van der Waals surface area contributed by atoms with Crippen molar-refractivity contribution in [2.45, 2.75) is 65.0 Å². The number of hydrogen-bond acceptors (Lipinski definition) is 2. The van der Waals surface area contributed by atoms with Gasteiger partial charge in [-0.1, -0.05) is 19.3 Å². The molecule has 1 unspecified atom stereocenters. The van der Waals surface area contributed by atoms with Gasteiger partial charge in [-0.05, 0) is 39.7 Å². The Morgan fingerprint density at radius 1 is 1.23 bits per heavy atom. The topological polar surface area (TPSA) is 34.5 Å². The highest BCUT2D eigenvalue weighted by Gasteiger charge is 2.27. The summed E-state index contributed by atoms with van der Waals surface area (Å²) >= 11 is 0. The number of carbonyl (C=O) groups is 1. The normalized spacial score (nSPS) is 23.8. The van der Waals surface area contributed by atoms with Crippen molar-refractivity contribution in [1.29, 1.82) is 0 Å². The number of rotatable bonds is 2. The third kappa shape index (κ3) is 2.94. The van der Waals surface area contributed by atoms with E-state index in [0.717, 1.165) is 11.3 Å². The molecule has 22 heavy (non-hydrogen) atoms. The first-order chi connectivity index (χ1) is 10.6. The van der Waals surface area contributed by atoms with Gasteiger partial charge >= 0.3 is 0 Å². The molecule has 0 radical (unpaired) electrons. The van der Waals surface area contributed by atoms with E-state index in [4.69, 9.17) is 4.74 Å². The van der Waals surface area contributed by atoms with E-state index in [0.29, 0.717) is 25.7 Å². The fraction of sp³-hybridized carbons (Fsp3) is 0.722. The summed E-state index contributed by atoms with van der Waals surface area (Å²) in [6.45, 7) is 8.33. The van der Waals surface area contributed by atoms with Gasteiger partial charge in [-0.3, -0.25) is 4.79 Å². The smallest absolute Gasteiger partial charge is 0.255 e.